The van der Waals surface area contributed by atoms with Crippen molar-refractivity contribution in [2.24, 2.45) is 0 Å². The number of benzene rings is 1. The summed E-state index contributed by atoms with van der Waals surface area (Å²) in [7, 11) is 2.59. The molecule has 36 heavy (non-hydrogen) atoms. The Labute approximate surface area is 219 Å². The quantitative estimate of drug-likeness (QED) is 0.103. The highest BCUT2D eigenvalue weighted by molar-refractivity contribution is 5.96. The molecule has 1 aromatic rings. The Hall–Kier alpha value is -2.32. The summed E-state index contributed by atoms with van der Waals surface area (Å²) in [6.45, 7) is 3.29. The maximum absolute atomic E-state index is 11.8. The zero-order chi connectivity index (χ0) is 26.3. The normalized spacial score (nSPS) is 10.5. The fourth-order valence-electron chi connectivity index (χ4n) is 4.18. The summed E-state index contributed by atoms with van der Waals surface area (Å²) in [5, 5.41) is 0. The molecule has 0 unspecified atom stereocenters. The summed E-state index contributed by atoms with van der Waals surface area (Å²) >= 11 is 0. The van der Waals surface area contributed by atoms with Gasteiger partial charge in [0.2, 0.25) is 0 Å². The largest absolute Gasteiger partial charge is 0.465 e. The van der Waals surface area contributed by atoms with Crippen LogP contribution in [0.5, 0.6) is 0 Å². The lowest BCUT2D eigenvalue weighted by Gasteiger charge is -2.04. The number of ether oxygens (including phenoxy) is 3. The van der Waals surface area contributed by atoms with Gasteiger partial charge in [0.05, 0.1) is 25.3 Å². The monoisotopic (exact) mass is 500 g/mol. The van der Waals surface area contributed by atoms with E-state index < -0.39 is 11.9 Å². The Morgan fingerprint density at radius 3 is 1.47 bits per heavy atom. The van der Waals surface area contributed by atoms with Crippen molar-refractivity contribution in [1.82, 2.24) is 0 Å². The average molecular weight is 501 g/mol. The minimum absolute atomic E-state index is 0.263. The number of rotatable bonds is 20. The number of unbranched alkanes of at least 4 members (excludes halogenated alkanes) is 15. The van der Waals surface area contributed by atoms with E-state index in [1.807, 2.05) is 0 Å². The van der Waals surface area contributed by atoms with Gasteiger partial charge in [-0.25, -0.2) is 9.59 Å². The molecule has 0 saturated carbocycles. The molecule has 202 valence electrons. The first-order valence-electron chi connectivity index (χ1n) is 14.0. The van der Waals surface area contributed by atoms with Crippen LogP contribution in [0.2, 0.25) is 0 Å². The lowest BCUT2D eigenvalue weighted by atomic mass is 10.0. The van der Waals surface area contributed by atoms with Crippen LogP contribution in [0.1, 0.15) is 136 Å². The summed E-state index contributed by atoms with van der Waals surface area (Å²) < 4.78 is 15.1. The molecule has 1 rings (SSSR count). The highest BCUT2D eigenvalue weighted by Gasteiger charge is 2.13. The van der Waals surface area contributed by atoms with E-state index in [9.17, 15) is 9.59 Å². The van der Waals surface area contributed by atoms with Gasteiger partial charge in [-0.2, -0.15) is 0 Å². The Balaban J connectivity index is 2.05. The van der Waals surface area contributed by atoms with E-state index in [4.69, 9.17) is 14.2 Å². The average Bonchev–Trinajstić information content (AvgIpc) is 2.90. The topological polar surface area (TPSA) is 61.8 Å². The summed E-state index contributed by atoms with van der Waals surface area (Å²) in [6, 6.07) is 4.64. The van der Waals surface area contributed by atoms with Gasteiger partial charge in [-0.05, 0) is 24.6 Å². The minimum Gasteiger partial charge on any atom is -0.465 e. The predicted octanol–water partition coefficient (Wildman–Crippen LogP) is 7.89. The lowest BCUT2D eigenvalue weighted by molar-refractivity contribution is 0.0599. The maximum atomic E-state index is 11.8. The van der Waals surface area contributed by atoms with Gasteiger partial charge < -0.3 is 14.2 Å². The van der Waals surface area contributed by atoms with Crippen molar-refractivity contribution < 1.29 is 23.8 Å². The highest BCUT2D eigenvalue weighted by atomic mass is 16.5. The molecule has 0 spiro atoms. The molecule has 0 saturated heterocycles. The first-order chi connectivity index (χ1) is 17.6. The van der Waals surface area contributed by atoms with Crippen LogP contribution in [0.25, 0.3) is 0 Å². The van der Waals surface area contributed by atoms with Gasteiger partial charge in [0.1, 0.15) is 6.61 Å². The van der Waals surface area contributed by atoms with Crippen molar-refractivity contribution in [3.8, 4) is 11.8 Å². The minimum atomic E-state index is -0.524. The van der Waals surface area contributed by atoms with E-state index >= 15 is 0 Å². The van der Waals surface area contributed by atoms with Crippen LogP contribution in [0.3, 0.4) is 0 Å². The van der Waals surface area contributed by atoms with Crippen molar-refractivity contribution in [2.75, 3.05) is 27.4 Å². The summed E-state index contributed by atoms with van der Waals surface area (Å²) in [4.78, 5) is 23.7. The van der Waals surface area contributed by atoms with Crippen LogP contribution in [0.15, 0.2) is 18.2 Å². The molecule has 5 heteroatoms. The second-order valence-corrected chi connectivity index (χ2v) is 9.44. The molecule has 0 aliphatic carbocycles. The van der Waals surface area contributed by atoms with Crippen molar-refractivity contribution >= 4 is 11.9 Å². The standard InChI is InChI=1S/C31H48O5/c1-4-5-6-7-8-9-10-11-12-13-14-15-16-17-18-19-22-36-23-20-21-27-24-28(30(32)34-2)26-29(25-27)31(33)35-3/h24-26H,4-19,22-23H2,1-3H3. The zero-order valence-corrected chi connectivity index (χ0v) is 23.0. The van der Waals surface area contributed by atoms with E-state index in [1.54, 1.807) is 12.1 Å². The van der Waals surface area contributed by atoms with E-state index in [0.717, 1.165) is 6.42 Å². The Morgan fingerprint density at radius 1 is 0.639 bits per heavy atom. The first-order valence-corrected chi connectivity index (χ1v) is 14.0. The van der Waals surface area contributed by atoms with Crippen LogP contribution in [-0.2, 0) is 14.2 Å². The Bertz CT molecular complexity index is 756. The molecule has 0 radical (unpaired) electrons. The molecular formula is C31H48O5. The van der Waals surface area contributed by atoms with Crippen LogP contribution >= 0.6 is 0 Å². The van der Waals surface area contributed by atoms with Crippen molar-refractivity contribution in [2.45, 2.75) is 110 Å². The molecule has 0 amide bonds. The number of carbonyl (C=O) groups is 2. The SMILES string of the molecule is CCCCCCCCCCCCCCCCCCOCC#Cc1cc(C(=O)OC)cc(C(=O)OC)c1. The van der Waals surface area contributed by atoms with Crippen LogP contribution in [-0.4, -0.2) is 39.4 Å². The van der Waals surface area contributed by atoms with Gasteiger partial charge in [0.25, 0.3) is 0 Å². The van der Waals surface area contributed by atoms with Gasteiger partial charge in [-0.15, -0.1) is 0 Å². The van der Waals surface area contributed by atoms with Crippen LogP contribution in [0.4, 0.5) is 0 Å². The molecule has 0 N–H and O–H groups in total. The smallest absolute Gasteiger partial charge is 0.337 e. The molecule has 0 atom stereocenters. The molecule has 0 fully saturated rings. The van der Waals surface area contributed by atoms with E-state index in [-0.39, 0.29) is 11.1 Å². The first kappa shape index (κ1) is 31.7. The molecular weight excluding hydrogens is 452 g/mol. The maximum Gasteiger partial charge on any atom is 0.337 e. The van der Waals surface area contributed by atoms with E-state index in [2.05, 4.69) is 18.8 Å². The second kappa shape index (κ2) is 21.9. The number of methoxy groups -OCH3 is 2. The van der Waals surface area contributed by atoms with Crippen molar-refractivity contribution in [3.05, 3.63) is 34.9 Å². The summed E-state index contributed by atoms with van der Waals surface area (Å²) in [5.74, 6) is 4.85. The van der Waals surface area contributed by atoms with Gasteiger partial charge in [-0.1, -0.05) is 115 Å². The third-order valence-corrected chi connectivity index (χ3v) is 6.32. The molecule has 0 aromatic heterocycles. The van der Waals surface area contributed by atoms with Crippen molar-refractivity contribution in [3.63, 3.8) is 0 Å². The fourth-order valence-corrected chi connectivity index (χ4v) is 4.18. The molecule has 0 aliphatic rings. The predicted molar refractivity (Wildman–Crippen MR) is 146 cm³/mol. The third kappa shape index (κ3) is 15.6. The fraction of sp³-hybridized carbons (Fsp3) is 0.677. The molecule has 0 bridgehead atoms. The van der Waals surface area contributed by atoms with Crippen LogP contribution in [0, 0.1) is 11.8 Å². The lowest BCUT2D eigenvalue weighted by Crippen LogP contribution is -2.07. The Morgan fingerprint density at radius 2 is 1.06 bits per heavy atom. The van der Waals surface area contributed by atoms with Crippen LogP contribution < -0.4 is 0 Å². The molecule has 1 aromatic carbocycles. The van der Waals surface area contributed by atoms with E-state index in [0.29, 0.717) is 18.8 Å². The number of hydrogen-bond acceptors (Lipinski definition) is 5. The Kier molecular flexibility index (Phi) is 19.3. The number of carbonyl (C=O) groups excluding carboxylic acids is 2. The van der Waals surface area contributed by atoms with Gasteiger partial charge in [0, 0.05) is 12.2 Å². The number of esters is 2. The molecule has 0 heterocycles. The zero-order valence-electron chi connectivity index (χ0n) is 23.0. The highest BCUT2D eigenvalue weighted by Crippen LogP contribution is 2.14. The summed E-state index contributed by atoms with van der Waals surface area (Å²) in [6.07, 6.45) is 21.6. The second-order valence-electron chi connectivity index (χ2n) is 9.44. The summed E-state index contributed by atoms with van der Waals surface area (Å²) in [5.41, 5.74) is 1.07. The van der Waals surface area contributed by atoms with E-state index in [1.165, 1.54) is 117 Å². The molecule has 5 nitrogen and oxygen atoms in total. The van der Waals surface area contributed by atoms with Gasteiger partial charge >= 0.3 is 11.9 Å². The third-order valence-electron chi connectivity index (χ3n) is 6.32. The number of hydrogen-bond donors (Lipinski definition) is 0. The van der Waals surface area contributed by atoms with Gasteiger partial charge in [-0.3, -0.25) is 0 Å². The molecule has 0 aliphatic heterocycles. The van der Waals surface area contributed by atoms with Gasteiger partial charge in [0.15, 0.2) is 0 Å². The van der Waals surface area contributed by atoms with Crippen molar-refractivity contribution in [1.29, 1.82) is 0 Å².